The Labute approximate surface area is 129 Å². The lowest BCUT2D eigenvalue weighted by Gasteiger charge is -2.16. The number of amides is 1. The summed E-state index contributed by atoms with van der Waals surface area (Å²) in [5.41, 5.74) is 0. The number of carbonyl (C=O) groups excluding carboxylic acids is 1. The largest absolute Gasteiger partial charge is 0.482 e. The summed E-state index contributed by atoms with van der Waals surface area (Å²) in [6, 6.07) is 5.24. The van der Waals surface area contributed by atoms with E-state index in [-0.39, 0.29) is 18.6 Å². The van der Waals surface area contributed by atoms with Crippen molar-refractivity contribution in [3.63, 3.8) is 0 Å². The molecule has 1 aromatic rings. The van der Waals surface area contributed by atoms with E-state index in [9.17, 15) is 4.79 Å². The van der Waals surface area contributed by atoms with E-state index in [1.165, 1.54) is 25.7 Å². The highest BCUT2D eigenvalue weighted by Crippen LogP contribution is 2.27. The molecule has 0 radical (unpaired) electrons. The van der Waals surface area contributed by atoms with Crippen molar-refractivity contribution >= 4 is 29.1 Å². The molecular formula is C15H19Cl2NO2. The van der Waals surface area contributed by atoms with Gasteiger partial charge in [-0.05, 0) is 31.0 Å². The number of hydrogen-bond acceptors (Lipinski definition) is 2. The fourth-order valence-electron chi connectivity index (χ4n) is 2.43. The summed E-state index contributed by atoms with van der Waals surface area (Å²) in [6.07, 6.45) is 7.04. The molecule has 1 aromatic carbocycles. The summed E-state index contributed by atoms with van der Waals surface area (Å²) in [4.78, 5) is 11.9. The van der Waals surface area contributed by atoms with Crippen LogP contribution in [0.3, 0.4) is 0 Å². The third kappa shape index (κ3) is 4.88. The molecule has 0 unspecified atom stereocenters. The molecule has 3 nitrogen and oxygen atoms in total. The maximum absolute atomic E-state index is 11.9. The van der Waals surface area contributed by atoms with Gasteiger partial charge in [-0.3, -0.25) is 4.79 Å². The Morgan fingerprint density at radius 3 is 2.55 bits per heavy atom. The maximum Gasteiger partial charge on any atom is 0.258 e. The molecule has 1 saturated carbocycles. The van der Waals surface area contributed by atoms with Crippen LogP contribution in [0.1, 0.15) is 38.5 Å². The highest BCUT2D eigenvalue weighted by atomic mass is 35.5. The number of rotatable bonds is 4. The summed E-state index contributed by atoms with van der Waals surface area (Å²) >= 11 is 11.8. The molecule has 0 aromatic heterocycles. The van der Waals surface area contributed by atoms with Gasteiger partial charge in [0, 0.05) is 11.1 Å². The van der Waals surface area contributed by atoms with Gasteiger partial charge in [-0.2, -0.15) is 0 Å². The predicted octanol–water partition coefficient (Wildman–Crippen LogP) is 4.21. The second-order valence-electron chi connectivity index (χ2n) is 5.12. The molecule has 0 saturated heterocycles. The average molecular weight is 316 g/mol. The molecule has 5 heteroatoms. The van der Waals surface area contributed by atoms with Gasteiger partial charge < -0.3 is 10.1 Å². The minimum atomic E-state index is -0.0945. The molecule has 0 spiro atoms. The van der Waals surface area contributed by atoms with Crippen LogP contribution in [0.5, 0.6) is 5.75 Å². The van der Waals surface area contributed by atoms with Crippen LogP contribution >= 0.6 is 23.2 Å². The lowest BCUT2D eigenvalue weighted by molar-refractivity contribution is -0.123. The third-order valence-corrected chi connectivity index (χ3v) is 4.00. The highest BCUT2D eigenvalue weighted by Gasteiger charge is 2.15. The van der Waals surface area contributed by atoms with Crippen molar-refractivity contribution in [2.24, 2.45) is 0 Å². The van der Waals surface area contributed by atoms with Gasteiger partial charge in [0.2, 0.25) is 0 Å². The maximum atomic E-state index is 11.9. The number of benzene rings is 1. The van der Waals surface area contributed by atoms with Crippen molar-refractivity contribution < 1.29 is 9.53 Å². The van der Waals surface area contributed by atoms with Gasteiger partial charge in [0.15, 0.2) is 6.61 Å². The van der Waals surface area contributed by atoms with E-state index in [2.05, 4.69) is 5.32 Å². The normalized spacial score (nSPS) is 16.5. The molecule has 0 bridgehead atoms. The lowest BCUT2D eigenvalue weighted by Crippen LogP contribution is -2.37. The Morgan fingerprint density at radius 1 is 1.20 bits per heavy atom. The first-order chi connectivity index (χ1) is 9.65. The van der Waals surface area contributed by atoms with E-state index in [0.717, 1.165) is 12.8 Å². The Balaban J connectivity index is 1.79. The van der Waals surface area contributed by atoms with Crippen LogP contribution in [-0.2, 0) is 4.79 Å². The van der Waals surface area contributed by atoms with Crippen LogP contribution in [0.2, 0.25) is 10.0 Å². The summed E-state index contributed by atoms with van der Waals surface area (Å²) in [7, 11) is 0. The molecule has 1 fully saturated rings. The predicted molar refractivity (Wildman–Crippen MR) is 81.6 cm³/mol. The minimum absolute atomic E-state index is 0.0160. The van der Waals surface area contributed by atoms with Crippen LogP contribution < -0.4 is 10.1 Å². The quantitative estimate of drug-likeness (QED) is 0.845. The minimum Gasteiger partial charge on any atom is -0.482 e. The van der Waals surface area contributed by atoms with Gasteiger partial charge in [-0.25, -0.2) is 0 Å². The van der Waals surface area contributed by atoms with Crippen LogP contribution in [0, 0.1) is 0 Å². The first kappa shape index (κ1) is 15.5. The molecule has 20 heavy (non-hydrogen) atoms. The van der Waals surface area contributed by atoms with Gasteiger partial charge in [0.05, 0.1) is 5.02 Å². The molecule has 0 atom stereocenters. The molecule has 1 aliphatic rings. The van der Waals surface area contributed by atoms with Crippen LogP contribution in [0.25, 0.3) is 0 Å². The van der Waals surface area contributed by atoms with Crippen LogP contribution in [-0.4, -0.2) is 18.6 Å². The van der Waals surface area contributed by atoms with E-state index in [0.29, 0.717) is 15.8 Å². The second kappa shape index (κ2) is 7.75. The molecule has 1 amide bonds. The Kier molecular flexibility index (Phi) is 5.99. The standard InChI is InChI=1S/C15H19Cl2NO2/c16-11-7-8-14(13(17)9-11)20-10-15(19)18-12-5-3-1-2-4-6-12/h7-9,12H,1-6,10H2,(H,18,19). The molecule has 0 aliphatic heterocycles. The Morgan fingerprint density at radius 2 is 1.90 bits per heavy atom. The number of nitrogens with one attached hydrogen (secondary N) is 1. The highest BCUT2D eigenvalue weighted by molar-refractivity contribution is 6.35. The first-order valence-electron chi connectivity index (χ1n) is 7.02. The van der Waals surface area contributed by atoms with Gasteiger partial charge in [0.1, 0.15) is 5.75 Å². The fourth-order valence-corrected chi connectivity index (χ4v) is 2.89. The molecule has 2 rings (SSSR count). The lowest BCUT2D eigenvalue weighted by atomic mass is 10.1. The van der Waals surface area contributed by atoms with Crippen LogP contribution in [0.4, 0.5) is 0 Å². The van der Waals surface area contributed by atoms with E-state index >= 15 is 0 Å². The Hall–Kier alpha value is -0.930. The zero-order valence-corrected chi connectivity index (χ0v) is 12.8. The molecule has 0 heterocycles. The monoisotopic (exact) mass is 315 g/mol. The van der Waals surface area contributed by atoms with Crippen molar-refractivity contribution in [1.82, 2.24) is 5.32 Å². The summed E-state index contributed by atoms with van der Waals surface area (Å²) in [5.74, 6) is 0.384. The van der Waals surface area contributed by atoms with Crippen molar-refractivity contribution in [2.75, 3.05) is 6.61 Å². The van der Waals surface area contributed by atoms with Crippen molar-refractivity contribution in [2.45, 2.75) is 44.6 Å². The average Bonchev–Trinajstić information content (AvgIpc) is 2.66. The molecule has 1 aliphatic carbocycles. The van der Waals surface area contributed by atoms with Crippen molar-refractivity contribution in [1.29, 1.82) is 0 Å². The van der Waals surface area contributed by atoms with E-state index in [4.69, 9.17) is 27.9 Å². The number of carbonyl (C=O) groups is 1. The number of ether oxygens (including phenoxy) is 1. The van der Waals surface area contributed by atoms with Gasteiger partial charge >= 0.3 is 0 Å². The van der Waals surface area contributed by atoms with E-state index in [1.54, 1.807) is 18.2 Å². The van der Waals surface area contributed by atoms with Crippen LogP contribution in [0.15, 0.2) is 18.2 Å². The summed E-state index contributed by atoms with van der Waals surface area (Å²) in [6.45, 7) is -0.0160. The summed E-state index contributed by atoms with van der Waals surface area (Å²) in [5, 5.41) is 3.99. The van der Waals surface area contributed by atoms with E-state index in [1.807, 2.05) is 0 Å². The number of hydrogen-bond donors (Lipinski definition) is 1. The SMILES string of the molecule is O=C(COc1ccc(Cl)cc1Cl)NC1CCCCCC1. The smallest absolute Gasteiger partial charge is 0.258 e. The van der Waals surface area contributed by atoms with Crippen molar-refractivity contribution in [3.8, 4) is 5.75 Å². The zero-order valence-electron chi connectivity index (χ0n) is 11.3. The zero-order chi connectivity index (χ0) is 14.4. The van der Waals surface area contributed by atoms with Gasteiger partial charge in [-0.1, -0.05) is 48.9 Å². The molecule has 110 valence electrons. The number of halogens is 2. The first-order valence-corrected chi connectivity index (χ1v) is 7.78. The molecular weight excluding hydrogens is 297 g/mol. The van der Waals surface area contributed by atoms with Crippen molar-refractivity contribution in [3.05, 3.63) is 28.2 Å². The van der Waals surface area contributed by atoms with Gasteiger partial charge in [0.25, 0.3) is 5.91 Å². The summed E-state index contributed by atoms with van der Waals surface area (Å²) < 4.78 is 5.42. The molecule has 1 N–H and O–H groups in total. The Bertz CT molecular complexity index is 457. The van der Waals surface area contributed by atoms with Gasteiger partial charge in [-0.15, -0.1) is 0 Å². The van der Waals surface area contributed by atoms with E-state index < -0.39 is 0 Å². The third-order valence-electron chi connectivity index (χ3n) is 3.47. The fraction of sp³-hybridized carbons (Fsp3) is 0.533. The topological polar surface area (TPSA) is 38.3 Å². The second-order valence-corrected chi connectivity index (χ2v) is 5.96.